The quantitative estimate of drug-likeness (QED) is 0.858. The van der Waals surface area contributed by atoms with Crippen molar-refractivity contribution in [1.82, 2.24) is 9.79 Å². The molecule has 1 saturated heterocycles. The molecule has 0 saturated carbocycles. The van der Waals surface area contributed by atoms with Gasteiger partial charge in [0, 0.05) is 19.2 Å². The summed E-state index contributed by atoms with van der Waals surface area (Å²) in [6.07, 6.45) is 0. The lowest BCUT2D eigenvalue weighted by Crippen LogP contribution is -2.39. The second-order valence-corrected chi connectivity index (χ2v) is 7.97. The Morgan fingerprint density at radius 1 is 1.12 bits per heavy atom. The first kappa shape index (κ1) is 18.8. The van der Waals surface area contributed by atoms with Crippen LogP contribution < -0.4 is 4.72 Å². The summed E-state index contributed by atoms with van der Waals surface area (Å²) in [5.41, 5.74) is 0.470. The van der Waals surface area contributed by atoms with E-state index in [4.69, 9.17) is 4.84 Å². The van der Waals surface area contributed by atoms with Gasteiger partial charge in [-0.25, -0.2) is 26.3 Å². The molecule has 2 aromatic carbocycles. The average Bonchev–Trinajstić information content (AvgIpc) is 2.99. The fourth-order valence-electron chi connectivity index (χ4n) is 2.89. The summed E-state index contributed by atoms with van der Waals surface area (Å²) < 4.78 is 68.4. The Labute approximate surface area is 149 Å². The van der Waals surface area contributed by atoms with Crippen molar-refractivity contribution in [2.24, 2.45) is 0 Å². The smallest absolute Gasteiger partial charge is 0.219 e. The predicted molar refractivity (Wildman–Crippen MR) is 88.8 cm³/mol. The van der Waals surface area contributed by atoms with Gasteiger partial charge in [-0.15, -0.1) is 0 Å². The van der Waals surface area contributed by atoms with Crippen molar-refractivity contribution in [3.63, 3.8) is 0 Å². The number of hydrogen-bond donors (Lipinski definition) is 1. The maximum atomic E-state index is 14.1. The zero-order valence-electron chi connectivity index (χ0n) is 13.8. The molecule has 1 aliphatic rings. The molecule has 5 nitrogen and oxygen atoms in total. The highest BCUT2D eigenvalue weighted by atomic mass is 32.2. The molecule has 0 radical (unpaired) electrons. The van der Waals surface area contributed by atoms with Crippen molar-refractivity contribution in [3.8, 4) is 0 Å². The zero-order valence-corrected chi connectivity index (χ0v) is 14.6. The normalized spacial score (nSPS) is 21.2. The van der Waals surface area contributed by atoms with E-state index < -0.39 is 38.8 Å². The Kier molecular flexibility index (Phi) is 5.33. The second kappa shape index (κ2) is 7.36. The average molecular weight is 386 g/mol. The van der Waals surface area contributed by atoms with Crippen LogP contribution in [0.15, 0.2) is 42.5 Å². The maximum Gasteiger partial charge on any atom is 0.219 e. The predicted octanol–water partition coefficient (Wildman–Crippen LogP) is 2.51. The van der Waals surface area contributed by atoms with Gasteiger partial charge in [0.05, 0.1) is 12.6 Å². The van der Waals surface area contributed by atoms with E-state index in [1.54, 1.807) is 0 Å². The van der Waals surface area contributed by atoms with Gasteiger partial charge in [-0.3, -0.25) is 4.84 Å². The summed E-state index contributed by atoms with van der Waals surface area (Å²) in [6, 6.07) is 7.24. The summed E-state index contributed by atoms with van der Waals surface area (Å²) >= 11 is 0. The van der Waals surface area contributed by atoms with Crippen LogP contribution in [0.2, 0.25) is 0 Å². The van der Waals surface area contributed by atoms with Gasteiger partial charge in [-0.2, -0.15) is 5.06 Å². The molecule has 0 amide bonds. The zero-order chi connectivity index (χ0) is 18.9. The topological polar surface area (TPSA) is 58.6 Å². The molecule has 0 spiro atoms. The molecule has 1 N–H and O–H groups in total. The second-order valence-electron chi connectivity index (χ2n) is 5.98. The monoisotopic (exact) mass is 386 g/mol. The minimum absolute atomic E-state index is 0.0544. The van der Waals surface area contributed by atoms with Crippen LogP contribution in [0.4, 0.5) is 13.2 Å². The van der Waals surface area contributed by atoms with Crippen molar-refractivity contribution in [1.29, 1.82) is 0 Å². The number of hydroxylamine groups is 2. The Hall–Kier alpha value is -1.94. The summed E-state index contributed by atoms with van der Waals surface area (Å²) in [5.74, 6) is -1.81. The van der Waals surface area contributed by atoms with E-state index in [1.165, 1.54) is 36.4 Å². The molecule has 0 bridgehead atoms. The maximum absolute atomic E-state index is 14.1. The van der Waals surface area contributed by atoms with Gasteiger partial charge in [0.25, 0.3) is 0 Å². The lowest BCUT2D eigenvalue weighted by atomic mass is 10.0. The number of rotatable bonds is 5. The van der Waals surface area contributed by atoms with Crippen LogP contribution >= 0.6 is 0 Å². The van der Waals surface area contributed by atoms with E-state index in [9.17, 15) is 21.6 Å². The minimum atomic E-state index is -3.93. The first-order valence-electron chi connectivity index (χ1n) is 7.81. The molecule has 0 aromatic heterocycles. The first-order valence-corrected chi connectivity index (χ1v) is 9.36. The van der Waals surface area contributed by atoms with Gasteiger partial charge in [0.2, 0.25) is 10.0 Å². The van der Waals surface area contributed by atoms with Gasteiger partial charge in [0.1, 0.15) is 22.7 Å². The molecule has 1 aliphatic heterocycles. The molecule has 9 heteroatoms. The molecule has 26 heavy (non-hydrogen) atoms. The van der Waals surface area contributed by atoms with Crippen LogP contribution in [0, 0.1) is 17.5 Å². The third kappa shape index (κ3) is 3.90. The lowest BCUT2D eigenvalue weighted by molar-refractivity contribution is -0.111. The highest BCUT2D eigenvalue weighted by molar-refractivity contribution is 7.90. The number of nitrogens with zero attached hydrogens (tertiary/aromatic N) is 1. The van der Waals surface area contributed by atoms with Crippen LogP contribution in [-0.2, 0) is 21.4 Å². The molecule has 2 atom stereocenters. The Balaban J connectivity index is 1.83. The number of sulfonamides is 1. The third-order valence-electron chi connectivity index (χ3n) is 4.25. The van der Waals surface area contributed by atoms with Crippen molar-refractivity contribution >= 4 is 10.0 Å². The van der Waals surface area contributed by atoms with Gasteiger partial charge in [0.15, 0.2) is 0 Å². The van der Waals surface area contributed by atoms with Crippen LogP contribution in [0.3, 0.4) is 0 Å². The van der Waals surface area contributed by atoms with E-state index in [0.717, 1.165) is 18.2 Å². The molecule has 140 valence electrons. The molecule has 3 rings (SSSR count). The lowest BCUT2D eigenvalue weighted by Gasteiger charge is -2.23. The molecule has 0 aliphatic carbocycles. The number of benzene rings is 2. The van der Waals surface area contributed by atoms with Crippen LogP contribution in [0.5, 0.6) is 0 Å². The van der Waals surface area contributed by atoms with E-state index in [0.29, 0.717) is 5.56 Å². The summed E-state index contributed by atoms with van der Waals surface area (Å²) in [4.78, 5) is 5.26. The van der Waals surface area contributed by atoms with Gasteiger partial charge in [-0.1, -0.05) is 12.1 Å². The summed E-state index contributed by atoms with van der Waals surface area (Å²) in [7, 11) is -2.46. The van der Waals surface area contributed by atoms with E-state index in [1.807, 2.05) is 0 Å². The summed E-state index contributed by atoms with van der Waals surface area (Å²) in [5, 5.41) is 0.0730. The van der Waals surface area contributed by atoms with E-state index >= 15 is 0 Å². The van der Waals surface area contributed by atoms with Gasteiger partial charge < -0.3 is 0 Å². The number of hydrogen-bond acceptors (Lipinski definition) is 4. The highest BCUT2D eigenvalue weighted by Crippen LogP contribution is 2.35. The number of nitrogens with one attached hydrogen (secondary N) is 1. The Morgan fingerprint density at radius 2 is 1.77 bits per heavy atom. The standard InChI is InChI=1S/C17H17F3N2O3S/c1-22-17(14-8-13(19)6-7-15(14)20)16(10-25-22)26(23,24)21-9-11-2-4-12(18)5-3-11/h2-8,16-17,21H,9-10H2,1H3. The largest absolute Gasteiger partial charge is 0.297 e. The van der Waals surface area contributed by atoms with Crippen LogP contribution in [-0.4, -0.2) is 32.4 Å². The SMILES string of the molecule is CN1OCC(S(=O)(=O)NCc2ccc(F)cc2)C1c1cc(F)ccc1F. The molecular formula is C17H17F3N2O3S. The Bertz CT molecular complexity index is 891. The fraction of sp³-hybridized carbons (Fsp3) is 0.294. The third-order valence-corrected chi connectivity index (χ3v) is 5.99. The van der Waals surface area contributed by atoms with Crippen molar-refractivity contribution < 1.29 is 26.4 Å². The fourth-order valence-corrected chi connectivity index (χ4v) is 4.37. The minimum Gasteiger partial charge on any atom is -0.297 e. The van der Waals surface area contributed by atoms with Crippen molar-refractivity contribution in [2.75, 3.05) is 13.7 Å². The molecule has 1 heterocycles. The first-order chi connectivity index (χ1) is 12.3. The van der Waals surface area contributed by atoms with Gasteiger partial charge in [-0.05, 0) is 35.9 Å². The van der Waals surface area contributed by atoms with Gasteiger partial charge >= 0.3 is 0 Å². The molecular weight excluding hydrogens is 369 g/mol. The van der Waals surface area contributed by atoms with Crippen molar-refractivity contribution in [2.45, 2.75) is 17.8 Å². The molecule has 2 unspecified atom stereocenters. The van der Waals surface area contributed by atoms with Crippen molar-refractivity contribution in [3.05, 3.63) is 71.0 Å². The highest BCUT2D eigenvalue weighted by Gasteiger charge is 2.44. The van der Waals surface area contributed by atoms with Crippen LogP contribution in [0.1, 0.15) is 17.2 Å². The Morgan fingerprint density at radius 3 is 2.46 bits per heavy atom. The number of halogens is 3. The summed E-state index contributed by atoms with van der Waals surface area (Å²) in [6.45, 7) is -0.253. The molecule has 2 aromatic rings. The molecule has 1 fully saturated rings. The van der Waals surface area contributed by atoms with E-state index in [-0.39, 0.29) is 18.7 Å². The van der Waals surface area contributed by atoms with Crippen LogP contribution in [0.25, 0.3) is 0 Å². The van der Waals surface area contributed by atoms with E-state index in [2.05, 4.69) is 4.72 Å².